The Morgan fingerprint density at radius 1 is 1.16 bits per heavy atom. The van der Waals surface area contributed by atoms with Crippen LogP contribution in [0.2, 0.25) is 0 Å². The maximum atomic E-state index is 13.7. The average molecular weight is 528 g/mol. The molecule has 3 rings (SSSR count). The number of benzene rings is 2. The van der Waals surface area contributed by atoms with Crippen molar-refractivity contribution >= 4 is 29.4 Å². The van der Waals surface area contributed by atoms with Gasteiger partial charge in [0.2, 0.25) is 17.7 Å². The fourth-order valence-corrected chi connectivity index (χ4v) is 4.33. The summed E-state index contributed by atoms with van der Waals surface area (Å²) in [5, 5.41) is 0. The maximum absolute atomic E-state index is 13.7. The second-order valence-corrected chi connectivity index (χ2v) is 10.2. The van der Waals surface area contributed by atoms with Gasteiger partial charge in [0.05, 0.1) is 19.3 Å². The van der Waals surface area contributed by atoms with Gasteiger partial charge >= 0.3 is 5.97 Å². The monoisotopic (exact) mass is 527 g/mol. The molecule has 0 aliphatic carbocycles. The third-order valence-electron chi connectivity index (χ3n) is 6.05. The molecule has 9 nitrogen and oxygen atoms in total. The van der Waals surface area contributed by atoms with Crippen LogP contribution in [0.25, 0.3) is 0 Å². The SMILES string of the molecule is COc1ccc2c(c1)N(CCC(=O)N(CC(N)=O)Cc1cccc(F)c1)C(=O)C(C(=O)OC(C)(C)C)CC2. The van der Waals surface area contributed by atoms with Gasteiger partial charge in [0.25, 0.3) is 0 Å². The first-order valence-electron chi connectivity index (χ1n) is 12.4. The Kier molecular flexibility index (Phi) is 9.08. The Hall–Kier alpha value is -3.95. The summed E-state index contributed by atoms with van der Waals surface area (Å²) in [6, 6.07) is 11.0. The topological polar surface area (TPSA) is 119 Å². The van der Waals surface area contributed by atoms with E-state index in [1.165, 1.54) is 35.1 Å². The normalized spacial score (nSPS) is 15.3. The van der Waals surface area contributed by atoms with E-state index in [0.717, 1.165) is 5.56 Å². The van der Waals surface area contributed by atoms with Crippen LogP contribution in [0.5, 0.6) is 5.75 Å². The molecule has 2 N–H and O–H groups in total. The van der Waals surface area contributed by atoms with E-state index < -0.39 is 41.0 Å². The molecule has 1 aliphatic rings. The van der Waals surface area contributed by atoms with Crippen molar-refractivity contribution in [1.82, 2.24) is 4.90 Å². The van der Waals surface area contributed by atoms with Crippen LogP contribution in [0.3, 0.4) is 0 Å². The van der Waals surface area contributed by atoms with Gasteiger partial charge in [-0.25, -0.2) is 4.39 Å². The van der Waals surface area contributed by atoms with Gasteiger partial charge in [-0.05, 0) is 62.9 Å². The Labute approximate surface area is 221 Å². The molecule has 0 saturated heterocycles. The van der Waals surface area contributed by atoms with E-state index in [0.29, 0.717) is 23.4 Å². The number of amides is 3. The van der Waals surface area contributed by atoms with E-state index >= 15 is 0 Å². The minimum absolute atomic E-state index is 0.0293. The second-order valence-electron chi connectivity index (χ2n) is 10.2. The minimum atomic E-state index is -1.04. The first-order chi connectivity index (χ1) is 17.9. The van der Waals surface area contributed by atoms with Crippen LogP contribution >= 0.6 is 0 Å². The number of carbonyl (C=O) groups is 4. The van der Waals surface area contributed by atoms with E-state index in [-0.39, 0.29) is 32.5 Å². The van der Waals surface area contributed by atoms with E-state index in [2.05, 4.69) is 0 Å². The number of nitrogens with zero attached hydrogens (tertiary/aromatic N) is 2. The number of primary amides is 1. The lowest BCUT2D eigenvalue weighted by molar-refractivity contribution is -0.162. The van der Waals surface area contributed by atoms with Crippen LogP contribution in [0.4, 0.5) is 10.1 Å². The molecule has 0 aromatic heterocycles. The Bertz CT molecular complexity index is 1210. The average Bonchev–Trinajstić information content (AvgIpc) is 2.96. The summed E-state index contributed by atoms with van der Waals surface area (Å²) in [7, 11) is 1.51. The number of rotatable bonds is 9. The zero-order valence-electron chi connectivity index (χ0n) is 22.2. The van der Waals surface area contributed by atoms with Crippen molar-refractivity contribution in [3.8, 4) is 5.75 Å². The first-order valence-corrected chi connectivity index (χ1v) is 12.4. The number of fused-ring (bicyclic) bond motifs is 1. The molecule has 1 atom stereocenters. The number of esters is 1. The Balaban J connectivity index is 1.87. The highest BCUT2D eigenvalue weighted by Gasteiger charge is 2.38. The van der Waals surface area contributed by atoms with Gasteiger partial charge in [-0.2, -0.15) is 0 Å². The molecule has 1 aliphatic heterocycles. The second kappa shape index (κ2) is 12.1. The van der Waals surface area contributed by atoms with E-state index in [9.17, 15) is 23.6 Å². The number of hydrogen-bond donors (Lipinski definition) is 1. The molecule has 1 heterocycles. The smallest absolute Gasteiger partial charge is 0.319 e. The van der Waals surface area contributed by atoms with Crippen LogP contribution in [0.1, 0.15) is 44.7 Å². The highest BCUT2D eigenvalue weighted by molar-refractivity contribution is 6.07. The van der Waals surface area contributed by atoms with Crippen molar-refractivity contribution in [2.45, 2.75) is 52.2 Å². The summed E-state index contributed by atoms with van der Waals surface area (Å²) in [5.74, 6) is -3.28. The number of halogens is 1. The lowest BCUT2D eigenvalue weighted by Crippen LogP contribution is -2.44. The van der Waals surface area contributed by atoms with Crippen molar-refractivity contribution in [1.29, 1.82) is 0 Å². The van der Waals surface area contributed by atoms with Gasteiger partial charge in [0, 0.05) is 25.6 Å². The van der Waals surface area contributed by atoms with Gasteiger partial charge in [-0.15, -0.1) is 0 Å². The van der Waals surface area contributed by atoms with E-state index in [4.69, 9.17) is 15.2 Å². The standard InChI is InChI=1S/C28H34FN3O6/c1-28(2,3)38-27(36)22-11-9-19-8-10-21(37-4)15-23(19)32(26(22)35)13-12-25(34)31(17-24(30)33)16-18-6-5-7-20(29)14-18/h5-8,10,14-15,22H,9,11-13,16-17H2,1-4H3,(H2,30,33). The third kappa shape index (κ3) is 7.53. The molecule has 0 radical (unpaired) electrons. The number of hydrogen-bond acceptors (Lipinski definition) is 6. The molecule has 1 unspecified atom stereocenters. The van der Waals surface area contributed by atoms with Crippen LogP contribution < -0.4 is 15.4 Å². The highest BCUT2D eigenvalue weighted by Crippen LogP contribution is 2.34. The van der Waals surface area contributed by atoms with Crippen molar-refractivity contribution in [3.05, 3.63) is 59.4 Å². The van der Waals surface area contributed by atoms with E-state index in [1.807, 2.05) is 6.07 Å². The molecule has 0 fully saturated rings. The summed E-state index contributed by atoms with van der Waals surface area (Å²) in [6.45, 7) is 4.73. The van der Waals surface area contributed by atoms with Gasteiger partial charge < -0.3 is 25.0 Å². The van der Waals surface area contributed by atoms with Crippen LogP contribution in [-0.2, 0) is 36.9 Å². The maximum Gasteiger partial charge on any atom is 0.319 e. The van der Waals surface area contributed by atoms with Gasteiger partial charge in [-0.3, -0.25) is 19.2 Å². The Morgan fingerprint density at radius 3 is 2.53 bits per heavy atom. The lowest BCUT2D eigenvalue weighted by atomic mass is 10.00. The lowest BCUT2D eigenvalue weighted by Gasteiger charge is -2.28. The fourth-order valence-electron chi connectivity index (χ4n) is 4.33. The molecular formula is C28H34FN3O6. The quantitative estimate of drug-likeness (QED) is 0.396. The molecule has 2 aromatic carbocycles. The molecule has 204 valence electrons. The zero-order chi connectivity index (χ0) is 28.0. The number of carbonyl (C=O) groups excluding carboxylic acids is 4. The van der Waals surface area contributed by atoms with Crippen LogP contribution in [-0.4, -0.2) is 54.4 Å². The van der Waals surface area contributed by atoms with Gasteiger partial charge in [-0.1, -0.05) is 18.2 Å². The Morgan fingerprint density at radius 2 is 1.89 bits per heavy atom. The molecule has 0 bridgehead atoms. The predicted molar refractivity (Wildman–Crippen MR) is 139 cm³/mol. The largest absolute Gasteiger partial charge is 0.497 e. The molecule has 10 heteroatoms. The zero-order valence-corrected chi connectivity index (χ0v) is 22.2. The number of anilines is 1. The number of methoxy groups -OCH3 is 1. The molecular weight excluding hydrogens is 493 g/mol. The van der Waals surface area contributed by atoms with Crippen LogP contribution in [0.15, 0.2) is 42.5 Å². The molecule has 38 heavy (non-hydrogen) atoms. The molecule has 2 aromatic rings. The fraction of sp³-hybridized carbons (Fsp3) is 0.429. The summed E-state index contributed by atoms with van der Waals surface area (Å²) in [6.07, 6.45) is 0.545. The molecule has 0 saturated carbocycles. The molecule has 3 amide bonds. The summed E-state index contributed by atoms with van der Waals surface area (Å²) >= 11 is 0. The van der Waals surface area contributed by atoms with Crippen molar-refractivity contribution in [2.75, 3.05) is 25.1 Å². The summed E-state index contributed by atoms with van der Waals surface area (Å²) in [5.41, 5.74) is 6.44. The van der Waals surface area contributed by atoms with Crippen molar-refractivity contribution in [2.24, 2.45) is 11.7 Å². The van der Waals surface area contributed by atoms with Gasteiger partial charge in [0.1, 0.15) is 23.1 Å². The summed E-state index contributed by atoms with van der Waals surface area (Å²) < 4.78 is 24.5. The van der Waals surface area contributed by atoms with E-state index in [1.54, 1.807) is 39.0 Å². The van der Waals surface area contributed by atoms with Gasteiger partial charge in [0.15, 0.2) is 0 Å². The number of nitrogens with two attached hydrogens (primary N) is 1. The van der Waals surface area contributed by atoms with Crippen LogP contribution in [0, 0.1) is 11.7 Å². The van der Waals surface area contributed by atoms with Crippen molar-refractivity contribution in [3.63, 3.8) is 0 Å². The summed E-state index contributed by atoms with van der Waals surface area (Å²) in [4.78, 5) is 54.1. The number of ether oxygens (including phenoxy) is 2. The van der Waals surface area contributed by atoms with Crippen molar-refractivity contribution < 1.29 is 33.0 Å². The predicted octanol–water partition coefficient (Wildman–Crippen LogP) is 2.98. The molecule has 0 spiro atoms. The third-order valence-corrected chi connectivity index (χ3v) is 6.05. The minimum Gasteiger partial charge on any atom is -0.497 e. The number of aryl methyl sites for hydroxylation is 1. The first kappa shape index (κ1) is 28.6. The highest BCUT2D eigenvalue weighted by atomic mass is 19.1.